The molecular formula is C35H55F3O5Si2. The maximum atomic E-state index is 13.4. The number of hydrogen-bond acceptors (Lipinski definition) is 5. The van der Waals surface area contributed by atoms with E-state index in [1.165, 1.54) is 6.07 Å². The Hall–Kier alpha value is -1.89. The van der Waals surface area contributed by atoms with Gasteiger partial charge < -0.3 is 18.3 Å². The van der Waals surface area contributed by atoms with Gasteiger partial charge in [0.2, 0.25) is 0 Å². The molecule has 1 aliphatic carbocycles. The number of fused-ring (bicyclic) bond motifs is 1. The zero-order valence-electron chi connectivity index (χ0n) is 28.5. The van der Waals surface area contributed by atoms with E-state index in [1.54, 1.807) is 6.07 Å². The zero-order valence-corrected chi connectivity index (χ0v) is 30.5. The first-order chi connectivity index (χ1) is 21.0. The molecule has 2 aliphatic rings. The van der Waals surface area contributed by atoms with Crippen molar-refractivity contribution in [2.24, 2.45) is 11.8 Å². The maximum absolute atomic E-state index is 13.4. The minimum Gasteiger partial charge on any atom is -0.491 e. The van der Waals surface area contributed by atoms with Crippen LogP contribution in [0.15, 0.2) is 48.6 Å². The molecule has 10 heteroatoms. The Balaban J connectivity index is 1.97. The van der Waals surface area contributed by atoms with Crippen LogP contribution in [0.4, 0.5) is 13.2 Å². The Morgan fingerprint density at radius 1 is 1.07 bits per heavy atom. The lowest BCUT2D eigenvalue weighted by Gasteiger charge is -2.40. The number of benzene rings is 1. The Morgan fingerprint density at radius 2 is 1.76 bits per heavy atom. The summed E-state index contributed by atoms with van der Waals surface area (Å²) in [5.74, 6) is 0.0239. The van der Waals surface area contributed by atoms with Crippen molar-refractivity contribution in [3.05, 3.63) is 54.1 Å². The van der Waals surface area contributed by atoms with Crippen molar-refractivity contribution in [2.75, 3.05) is 6.61 Å². The molecule has 1 aromatic carbocycles. The van der Waals surface area contributed by atoms with Crippen LogP contribution in [0.1, 0.15) is 79.2 Å². The second-order valence-corrected chi connectivity index (χ2v) is 23.6. The third-order valence-corrected chi connectivity index (χ3v) is 19.4. The van der Waals surface area contributed by atoms with Crippen LogP contribution in [0, 0.1) is 11.8 Å². The Bertz CT molecular complexity index is 1150. The average molecular weight is 669 g/mol. The number of halogens is 3. The molecule has 1 aromatic rings. The van der Waals surface area contributed by atoms with E-state index in [2.05, 4.69) is 72.9 Å². The molecule has 3 rings (SSSR count). The first-order valence-corrected chi connectivity index (χ1v) is 22.2. The zero-order chi connectivity index (χ0) is 33.5. The second kappa shape index (κ2) is 15.8. The van der Waals surface area contributed by atoms with E-state index in [4.69, 9.17) is 18.3 Å². The van der Waals surface area contributed by atoms with E-state index < -0.39 is 34.5 Å². The monoisotopic (exact) mass is 668 g/mol. The number of alkyl halides is 3. The van der Waals surface area contributed by atoms with Crippen molar-refractivity contribution >= 4 is 22.6 Å². The lowest BCUT2D eigenvalue weighted by molar-refractivity contribution is -0.151. The van der Waals surface area contributed by atoms with E-state index in [-0.39, 0.29) is 47.4 Å². The quantitative estimate of drug-likeness (QED) is 0.126. The first-order valence-electron chi connectivity index (χ1n) is 16.7. The molecule has 0 N–H and O–H groups in total. The van der Waals surface area contributed by atoms with Crippen molar-refractivity contribution in [1.29, 1.82) is 0 Å². The van der Waals surface area contributed by atoms with Gasteiger partial charge in [-0.15, -0.1) is 0 Å². The van der Waals surface area contributed by atoms with Gasteiger partial charge in [0.05, 0.1) is 17.8 Å². The van der Waals surface area contributed by atoms with Crippen LogP contribution < -0.4 is 4.74 Å². The predicted octanol–water partition coefficient (Wildman–Crippen LogP) is 10.1. The molecule has 1 aliphatic heterocycles. The van der Waals surface area contributed by atoms with Gasteiger partial charge in [-0.1, -0.05) is 71.9 Å². The largest absolute Gasteiger partial charge is 0.491 e. The minimum absolute atomic E-state index is 0.00730. The van der Waals surface area contributed by atoms with Crippen molar-refractivity contribution in [1.82, 2.24) is 0 Å². The summed E-state index contributed by atoms with van der Waals surface area (Å²) in [7, 11) is -4.27. The van der Waals surface area contributed by atoms with Gasteiger partial charge in [0.1, 0.15) is 18.5 Å². The summed E-state index contributed by atoms with van der Waals surface area (Å²) >= 11 is 0. The first kappa shape index (κ1) is 37.6. The SMILES string of the molecule is CC[Si](CC)(CC)O[C@H](/C=C\[C@H]1C(O[Si](C)(C)C(C)(C)C)C[C@@H]2OC(=O)CCCC=CC[C@@H]21)COc1cccc(C(F)(F)F)c1. The van der Waals surface area contributed by atoms with Crippen LogP contribution in [0.3, 0.4) is 0 Å². The molecule has 0 bridgehead atoms. The number of ether oxygens (including phenoxy) is 2. The van der Waals surface area contributed by atoms with Crippen LogP contribution in [-0.4, -0.2) is 47.5 Å². The van der Waals surface area contributed by atoms with Gasteiger partial charge in [-0.25, -0.2) is 0 Å². The normalized spacial score (nSPS) is 24.4. The lowest BCUT2D eigenvalue weighted by atomic mass is 9.89. The Kier molecular flexibility index (Phi) is 13.2. The number of carbonyl (C=O) groups is 1. The fraction of sp³-hybridized carbons (Fsp3) is 0.686. The molecule has 1 unspecified atom stereocenters. The summed E-state index contributed by atoms with van der Waals surface area (Å²) in [4.78, 5) is 12.7. The lowest BCUT2D eigenvalue weighted by Crippen LogP contribution is -2.45. The fourth-order valence-corrected chi connectivity index (χ4v) is 10.2. The standard InChI is InChI=1S/C35H55F3O5Si2/c1-9-45(10-2,11-3)42-28(25-40-27-18-16-17-26(23-27)35(36,37)38)21-22-30-29-19-14-12-13-15-20-33(39)41-31(29)24-32(30)43-44(7,8)34(4,5)6/h12,14,16-18,21-23,28-32H,9-11,13,15,19-20,24-25H2,1-8H3/b14-12?,22-21-/t28-,29-,30-,31+,32?/m1/s1. The second-order valence-electron chi connectivity index (χ2n) is 14.1. The number of allylic oxidation sites excluding steroid dienone is 2. The van der Waals surface area contributed by atoms with Crippen LogP contribution in [0.2, 0.25) is 36.3 Å². The molecule has 0 amide bonds. The minimum atomic E-state index is -4.45. The van der Waals surface area contributed by atoms with Crippen LogP contribution >= 0.6 is 0 Å². The average Bonchev–Trinajstić information content (AvgIpc) is 3.28. The molecule has 0 spiro atoms. The molecule has 0 saturated heterocycles. The van der Waals surface area contributed by atoms with Crippen molar-refractivity contribution in [2.45, 2.75) is 134 Å². The highest BCUT2D eigenvalue weighted by Crippen LogP contribution is 2.45. The third kappa shape index (κ3) is 10.3. The molecule has 1 saturated carbocycles. The van der Waals surface area contributed by atoms with Gasteiger partial charge in [-0.05, 0) is 73.7 Å². The van der Waals surface area contributed by atoms with Gasteiger partial charge in [0, 0.05) is 24.7 Å². The van der Waals surface area contributed by atoms with Crippen LogP contribution in [-0.2, 0) is 24.6 Å². The molecule has 1 heterocycles. The third-order valence-electron chi connectivity index (χ3n) is 10.2. The summed E-state index contributed by atoms with van der Waals surface area (Å²) in [6, 6.07) is 7.79. The topological polar surface area (TPSA) is 54.0 Å². The summed E-state index contributed by atoms with van der Waals surface area (Å²) in [5, 5.41) is 0.00730. The summed E-state index contributed by atoms with van der Waals surface area (Å²) in [6.07, 6.45) is 6.73. The molecule has 254 valence electrons. The molecule has 0 aromatic heterocycles. The van der Waals surface area contributed by atoms with E-state index >= 15 is 0 Å². The fourth-order valence-electron chi connectivity index (χ4n) is 6.08. The smallest absolute Gasteiger partial charge is 0.416 e. The number of hydrogen-bond donors (Lipinski definition) is 0. The van der Waals surface area contributed by atoms with E-state index in [0.29, 0.717) is 12.8 Å². The number of carbonyl (C=O) groups excluding carboxylic acids is 1. The van der Waals surface area contributed by atoms with Gasteiger partial charge in [-0.3, -0.25) is 4.79 Å². The van der Waals surface area contributed by atoms with Crippen LogP contribution in [0.5, 0.6) is 5.75 Å². The predicted molar refractivity (Wildman–Crippen MR) is 179 cm³/mol. The summed E-state index contributed by atoms with van der Waals surface area (Å²) in [5.41, 5.74) is -0.742. The van der Waals surface area contributed by atoms with Gasteiger partial charge in [0.15, 0.2) is 16.6 Å². The molecule has 5 nitrogen and oxygen atoms in total. The molecule has 45 heavy (non-hydrogen) atoms. The van der Waals surface area contributed by atoms with E-state index in [1.807, 2.05) is 6.08 Å². The van der Waals surface area contributed by atoms with Gasteiger partial charge >= 0.3 is 12.1 Å². The van der Waals surface area contributed by atoms with Crippen LogP contribution in [0.25, 0.3) is 0 Å². The highest BCUT2D eigenvalue weighted by molar-refractivity contribution is 6.74. The molecule has 0 radical (unpaired) electrons. The van der Waals surface area contributed by atoms with E-state index in [9.17, 15) is 18.0 Å². The molecular weight excluding hydrogens is 614 g/mol. The summed E-state index contributed by atoms with van der Waals surface area (Å²) < 4.78 is 66.1. The maximum Gasteiger partial charge on any atom is 0.416 e. The number of rotatable bonds is 12. The highest BCUT2D eigenvalue weighted by Gasteiger charge is 2.48. The Morgan fingerprint density at radius 3 is 2.38 bits per heavy atom. The van der Waals surface area contributed by atoms with Crippen molar-refractivity contribution < 1.29 is 36.3 Å². The molecule has 1 fully saturated rings. The van der Waals surface area contributed by atoms with Crippen molar-refractivity contribution in [3.8, 4) is 5.75 Å². The van der Waals surface area contributed by atoms with E-state index in [0.717, 1.165) is 49.5 Å². The van der Waals surface area contributed by atoms with Crippen molar-refractivity contribution in [3.63, 3.8) is 0 Å². The van der Waals surface area contributed by atoms with Gasteiger partial charge in [-0.2, -0.15) is 13.2 Å². The Labute approximate surface area is 271 Å². The number of esters is 1. The van der Waals surface area contributed by atoms with Gasteiger partial charge in [0.25, 0.3) is 0 Å². The summed E-state index contributed by atoms with van der Waals surface area (Å²) in [6.45, 7) is 17.7. The highest BCUT2D eigenvalue weighted by atomic mass is 28.4. The molecule has 5 atom stereocenters.